The normalized spacial score (nSPS) is 16.8. The van der Waals surface area contributed by atoms with Crippen molar-refractivity contribution < 1.29 is 24.2 Å². The van der Waals surface area contributed by atoms with Gasteiger partial charge in [0.1, 0.15) is 23.2 Å². The first-order valence-electron chi connectivity index (χ1n) is 13.5. The van der Waals surface area contributed by atoms with Gasteiger partial charge in [0.2, 0.25) is 0 Å². The molecule has 0 bridgehead atoms. The van der Waals surface area contributed by atoms with E-state index in [1.54, 1.807) is 24.3 Å². The molecule has 0 radical (unpaired) electrons. The standard InChI is InChI=1S/C32H30N2O5S2/c35-29(36)20-34-31(38)28(41-32(34)40)19-25-11-12-27(39-21-24-9-5-2-6-10-24)26(18-25)30(37)33-15-13-23(14-16-33)17-22-7-3-1-4-8-22/h1-12,18-19,23H,13-17,20-21H2,(H,35,36). The molecule has 3 aromatic rings. The van der Waals surface area contributed by atoms with Gasteiger partial charge in [0.25, 0.3) is 11.8 Å². The Morgan fingerprint density at radius 2 is 1.63 bits per heavy atom. The maximum atomic E-state index is 13.8. The number of ether oxygens (including phenoxy) is 1. The van der Waals surface area contributed by atoms with Crippen molar-refractivity contribution in [3.8, 4) is 5.75 Å². The summed E-state index contributed by atoms with van der Waals surface area (Å²) in [6, 6.07) is 25.5. The number of likely N-dealkylation sites (tertiary alicyclic amines) is 1. The molecule has 2 aliphatic heterocycles. The summed E-state index contributed by atoms with van der Waals surface area (Å²) in [6.07, 6.45) is 4.49. The number of thioether (sulfide) groups is 1. The van der Waals surface area contributed by atoms with Crippen LogP contribution in [0, 0.1) is 5.92 Å². The average Bonchev–Trinajstić information content (AvgIpc) is 3.24. The molecule has 0 aliphatic carbocycles. The molecule has 41 heavy (non-hydrogen) atoms. The Hall–Kier alpha value is -3.95. The molecular formula is C32H30N2O5S2. The van der Waals surface area contributed by atoms with Gasteiger partial charge in [-0.1, -0.05) is 90.7 Å². The Morgan fingerprint density at radius 3 is 2.29 bits per heavy atom. The van der Waals surface area contributed by atoms with Crippen molar-refractivity contribution in [1.29, 1.82) is 0 Å². The van der Waals surface area contributed by atoms with Gasteiger partial charge in [0.05, 0.1) is 10.5 Å². The molecule has 0 spiro atoms. The van der Waals surface area contributed by atoms with Crippen LogP contribution in [0.4, 0.5) is 0 Å². The number of thiocarbonyl (C=S) groups is 1. The highest BCUT2D eigenvalue weighted by molar-refractivity contribution is 8.26. The van der Waals surface area contributed by atoms with Gasteiger partial charge in [-0.2, -0.15) is 0 Å². The number of hydrogen-bond acceptors (Lipinski definition) is 6. The molecule has 0 saturated carbocycles. The molecule has 9 heteroatoms. The van der Waals surface area contributed by atoms with Crippen LogP contribution in [-0.2, 0) is 22.6 Å². The Morgan fingerprint density at radius 1 is 0.976 bits per heavy atom. The maximum Gasteiger partial charge on any atom is 0.323 e. The summed E-state index contributed by atoms with van der Waals surface area (Å²) < 4.78 is 6.32. The van der Waals surface area contributed by atoms with Crippen LogP contribution in [0.2, 0.25) is 0 Å². The van der Waals surface area contributed by atoms with Crippen LogP contribution in [0.3, 0.4) is 0 Å². The first-order valence-corrected chi connectivity index (χ1v) is 14.7. The zero-order valence-electron chi connectivity index (χ0n) is 22.4. The van der Waals surface area contributed by atoms with Crippen LogP contribution in [0.25, 0.3) is 6.08 Å². The fourth-order valence-corrected chi connectivity index (χ4v) is 6.30. The Labute approximate surface area is 248 Å². The lowest BCUT2D eigenvalue weighted by Crippen LogP contribution is -2.39. The summed E-state index contributed by atoms with van der Waals surface area (Å²) in [6.45, 7) is 1.14. The number of carbonyl (C=O) groups excluding carboxylic acids is 2. The molecule has 2 fully saturated rings. The van der Waals surface area contributed by atoms with Crippen molar-refractivity contribution in [3.05, 3.63) is 106 Å². The second-order valence-electron chi connectivity index (χ2n) is 10.1. The summed E-state index contributed by atoms with van der Waals surface area (Å²) in [7, 11) is 0. The number of benzene rings is 3. The van der Waals surface area contributed by atoms with Crippen LogP contribution in [0.15, 0.2) is 83.8 Å². The predicted octanol–water partition coefficient (Wildman–Crippen LogP) is 5.65. The number of rotatable bonds is 9. The van der Waals surface area contributed by atoms with E-state index in [1.807, 2.05) is 41.3 Å². The van der Waals surface area contributed by atoms with Gasteiger partial charge in [0, 0.05) is 13.1 Å². The molecular weight excluding hydrogens is 556 g/mol. The van der Waals surface area contributed by atoms with E-state index in [0.29, 0.717) is 47.4 Å². The van der Waals surface area contributed by atoms with Crippen LogP contribution in [0.5, 0.6) is 5.75 Å². The molecule has 210 valence electrons. The third kappa shape index (κ3) is 7.23. The molecule has 3 aromatic carbocycles. The first-order chi connectivity index (χ1) is 19.9. The minimum absolute atomic E-state index is 0.111. The highest BCUT2D eigenvalue weighted by atomic mass is 32.2. The quantitative estimate of drug-likeness (QED) is 0.256. The molecule has 1 N–H and O–H groups in total. The van der Waals surface area contributed by atoms with Crippen molar-refractivity contribution in [1.82, 2.24) is 9.80 Å². The number of piperidine rings is 1. The highest BCUT2D eigenvalue weighted by Crippen LogP contribution is 2.34. The van der Waals surface area contributed by atoms with E-state index < -0.39 is 18.4 Å². The van der Waals surface area contributed by atoms with Gasteiger partial charge in [-0.15, -0.1) is 0 Å². The number of carboxylic acids is 1. The summed E-state index contributed by atoms with van der Waals surface area (Å²) in [4.78, 5) is 41.0. The molecule has 5 rings (SSSR count). The largest absolute Gasteiger partial charge is 0.488 e. The molecule has 2 saturated heterocycles. The van der Waals surface area contributed by atoms with Gasteiger partial charge in [-0.25, -0.2) is 0 Å². The Kier molecular flexibility index (Phi) is 9.16. The van der Waals surface area contributed by atoms with E-state index in [2.05, 4.69) is 24.3 Å². The summed E-state index contributed by atoms with van der Waals surface area (Å²) in [5, 5.41) is 9.12. The number of carbonyl (C=O) groups is 3. The first kappa shape index (κ1) is 28.6. The second kappa shape index (κ2) is 13.1. The van der Waals surface area contributed by atoms with Gasteiger partial charge >= 0.3 is 5.97 Å². The van der Waals surface area contributed by atoms with Crippen molar-refractivity contribution in [2.75, 3.05) is 19.6 Å². The Bertz CT molecular complexity index is 1470. The van der Waals surface area contributed by atoms with E-state index in [1.165, 1.54) is 5.56 Å². The van der Waals surface area contributed by atoms with Crippen LogP contribution in [-0.4, -0.2) is 56.6 Å². The number of aliphatic carboxylic acids is 1. The highest BCUT2D eigenvalue weighted by Gasteiger charge is 2.33. The number of amides is 2. The predicted molar refractivity (Wildman–Crippen MR) is 164 cm³/mol. The summed E-state index contributed by atoms with van der Waals surface area (Å²) in [5.74, 6) is -0.710. The van der Waals surface area contributed by atoms with Crippen molar-refractivity contribution in [3.63, 3.8) is 0 Å². The number of hydrogen-bond donors (Lipinski definition) is 1. The Balaban J connectivity index is 1.35. The lowest BCUT2D eigenvalue weighted by atomic mass is 9.90. The van der Waals surface area contributed by atoms with E-state index in [9.17, 15) is 14.4 Å². The molecule has 2 amide bonds. The van der Waals surface area contributed by atoms with E-state index in [0.717, 1.165) is 41.5 Å². The fraction of sp³-hybridized carbons (Fsp3) is 0.250. The topological polar surface area (TPSA) is 87.1 Å². The van der Waals surface area contributed by atoms with E-state index in [4.69, 9.17) is 22.1 Å². The monoisotopic (exact) mass is 586 g/mol. The fourth-order valence-electron chi connectivity index (χ4n) is 5.05. The van der Waals surface area contributed by atoms with Crippen molar-refractivity contribution in [2.45, 2.75) is 25.9 Å². The molecule has 2 heterocycles. The second-order valence-corrected chi connectivity index (χ2v) is 11.8. The lowest BCUT2D eigenvalue weighted by Gasteiger charge is -2.32. The van der Waals surface area contributed by atoms with Crippen LogP contribution in [0.1, 0.15) is 39.9 Å². The number of nitrogens with zero attached hydrogens (tertiary/aromatic N) is 2. The average molecular weight is 587 g/mol. The molecule has 0 atom stereocenters. The lowest BCUT2D eigenvalue weighted by molar-refractivity contribution is -0.140. The van der Waals surface area contributed by atoms with Crippen LogP contribution < -0.4 is 4.74 Å². The minimum Gasteiger partial charge on any atom is -0.488 e. The van der Waals surface area contributed by atoms with Crippen molar-refractivity contribution >= 4 is 52.2 Å². The van der Waals surface area contributed by atoms with Crippen molar-refractivity contribution in [2.24, 2.45) is 5.92 Å². The molecule has 0 unspecified atom stereocenters. The zero-order valence-corrected chi connectivity index (χ0v) is 24.0. The zero-order chi connectivity index (χ0) is 28.8. The van der Waals surface area contributed by atoms with Crippen LogP contribution >= 0.6 is 24.0 Å². The third-order valence-electron chi connectivity index (χ3n) is 7.20. The SMILES string of the molecule is O=C(O)CN1C(=O)C(=Cc2ccc(OCc3ccccc3)c(C(=O)N3CCC(Cc4ccccc4)CC3)c2)SC1=S. The smallest absolute Gasteiger partial charge is 0.323 e. The molecule has 2 aliphatic rings. The van der Waals surface area contributed by atoms with Gasteiger partial charge in [-0.3, -0.25) is 19.3 Å². The van der Waals surface area contributed by atoms with E-state index in [-0.39, 0.29) is 10.2 Å². The molecule has 0 aromatic heterocycles. The van der Waals surface area contributed by atoms with Gasteiger partial charge in [-0.05, 0) is 60.1 Å². The molecule has 7 nitrogen and oxygen atoms in total. The number of carboxylic acid groups (broad SMARTS) is 1. The van der Waals surface area contributed by atoms with E-state index >= 15 is 0 Å². The van der Waals surface area contributed by atoms with Gasteiger partial charge in [0.15, 0.2) is 0 Å². The third-order valence-corrected chi connectivity index (χ3v) is 8.58. The van der Waals surface area contributed by atoms with Gasteiger partial charge < -0.3 is 14.7 Å². The summed E-state index contributed by atoms with van der Waals surface area (Å²) in [5.41, 5.74) is 3.36. The maximum absolute atomic E-state index is 13.8. The summed E-state index contributed by atoms with van der Waals surface area (Å²) >= 11 is 6.27. The minimum atomic E-state index is -1.14.